The molecule has 0 fully saturated rings. The third-order valence-corrected chi connectivity index (χ3v) is 4.88. The summed E-state index contributed by atoms with van der Waals surface area (Å²) in [6.45, 7) is 0. The number of nitrogens with two attached hydrogens (primary N) is 1. The largest absolute Gasteiger partial charge is 0.481 e. The molecule has 0 aliphatic carbocycles. The second-order valence-electron chi connectivity index (χ2n) is 6.64. The van der Waals surface area contributed by atoms with Crippen LogP contribution in [0, 0.1) is 11.2 Å². The summed E-state index contributed by atoms with van der Waals surface area (Å²) in [5, 5.41) is 9.47. The monoisotopic (exact) mass is 398 g/mol. The number of nitrogens with one attached hydrogen (secondary N) is 1. The summed E-state index contributed by atoms with van der Waals surface area (Å²) in [6, 6.07) is 17.2. The van der Waals surface area contributed by atoms with Crippen LogP contribution in [0.15, 0.2) is 79.3 Å². The standard InChI is InChI=1S/C24H19FN4O/c1-30-23-9-5-17(14-29-23)19-10-11-28-22-8-4-16(12-20(19)22)21(13-26)24(27)15-2-6-18(25)7-3-15/h2-14,27H,26H2,1H3/b21-13-,27-24?. The molecule has 148 valence electrons. The molecule has 0 spiro atoms. The van der Waals surface area contributed by atoms with Crippen molar-refractivity contribution in [3.63, 3.8) is 0 Å². The first-order chi connectivity index (χ1) is 14.6. The molecule has 0 bridgehead atoms. The molecule has 6 heteroatoms. The quantitative estimate of drug-likeness (QED) is 0.472. The number of aromatic nitrogens is 2. The van der Waals surface area contributed by atoms with Crippen LogP contribution in [-0.4, -0.2) is 22.8 Å². The Morgan fingerprint density at radius 2 is 1.77 bits per heavy atom. The Morgan fingerprint density at radius 3 is 2.43 bits per heavy atom. The molecule has 3 N–H and O–H groups in total. The van der Waals surface area contributed by atoms with Crippen molar-refractivity contribution in [2.45, 2.75) is 0 Å². The molecule has 0 saturated carbocycles. The topological polar surface area (TPSA) is 84.9 Å². The zero-order valence-electron chi connectivity index (χ0n) is 16.3. The second-order valence-corrected chi connectivity index (χ2v) is 6.64. The highest BCUT2D eigenvalue weighted by molar-refractivity contribution is 6.30. The van der Waals surface area contributed by atoms with Gasteiger partial charge in [0.15, 0.2) is 0 Å². The molecule has 0 aliphatic rings. The Bertz CT molecular complexity index is 1250. The van der Waals surface area contributed by atoms with Gasteiger partial charge in [0.2, 0.25) is 5.88 Å². The molecule has 0 saturated heterocycles. The minimum atomic E-state index is -0.348. The van der Waals surface area contributed by atoms with E-state index in [0.717, 1.165) is 27.6 Å². The first-order valence-electron chi connectivity index (χ1n) is 9.27. The zero-order valence-corrected chi connectivity index (χ0v) is 16.3. The van der Waals surface area contributed by atoms with Crippen LogP contribution < -0.4 is 10.5 Å². The molecular formula is C24H19FN4O. The molecule has 0 amide bonds. The van der Waals surface area contributed by atoms with Crippen LogP contribution in [0.5, 0.6) is 5.88 Å². The molecule has 0 aliphatic heterocycles. The van der Waals surface area contributed by atoms with Crippen molar-refractivity contribution in [2.75, 3.05) is 7.11 Å². The summed E-state index contributed by atoms with van der Waals surface area (Å²) < 4.78 is 18.4. The van der Waals surface area contributed by atoms with Crippen LogP contribution in [0.25, 0.3) is 27.6 Å². The average Bonchev–Trinajstić information content (AvgIpc) is 2.79. The van der Waals surface area contributed by atoms with E-state index in [9.17, 15) is 4.39 Å². The molecule has 0 atom stereocenters. The average molecular weight is 398 g/mol. The fourth-order valence-electron chi connectivity index (χ4n) is 3.32. The lowest BCUT2D eigenvalue weighted by molar-refractivity contribution is 0.398. The fourth-order valence-corrected chi connectivity index (χ4v) is 3.32. The number of hydrogen-bond acceptors (Lipinski definition) is 5. The number of methoxy groups -OCH3 is 1. The van der Waals surface area contributed by atoms with Gasteiger partial charge in [-0.05, 0) is 59.7 Å². The number of rotatable bonds is 5. The van der Waals surface area contributed by atoms with E-state index in [1.165, 1.54) is 18.3 Å². The van der Waals surface area contributed by atoms with Crippen molar-refractivity contribution in [1.29, 1.82) is 5.41 Å². The van der Waals surface area contributed by atoms with E-state index >= 15 is 0 Å². The third kappa shape index (κ3) is 3.63. The Kier molecular flexibility index (Phi) is 5.22. The number of allylic oxidation sites excluding steroid dienone is 1. The summed E-state index contributed by atoms with van der Waals surface area (Å²) in [4.78, 5) is 8.74. The van der Waals surface area contributed by atoms with Crippen LogP contribution in [0.1, 0.15) is 11.1 Å². The van der Waals surface area contributed by atoms with Crippen molar-refractivity contribution in [3.05, 3.63) is 96.2 Å². The van der Waals surface area contributed by atoms with Crippen molar-refractivity contribution in [1.82, 2.24) is 9.97 Å². The Labute approximate surface area is 173 Å². The van der Waals surface area contributed by atoms with E-state index in [4.69, 9.17) is 15.9 Å². The highest BCUT2D eigenvalue weighted by Gasteiger charge is 2.13. The Morgan fingerprint density at radius 1 is 1.00 bits per heavy atom. The maximum atomic E-state index is 13.3. The van der Waals surface area contributed by atoms with E-state index in [2.05, 4.69) is 9.97 Å². The number of ether oxygens (including phenoxy) is 1. The normalized spacial score (nSPS) is 11.5. The number of hydrogen-bond donors (Lipinski definition) is 2. The van der Waals surface area contributed by atoms with E-state index in [1.807, 2.05) is 30.3 Å². The molecular weight excluding hydrogens is 379 g/mol. The second kappa shape index (κ2) is 8.13. The number of pyridine rings is 2. The van der Waals surface area contributed by atoms with E-state index in [1.54, 1.807) is 37.7 Å². The molecule has 4 aromatic rings. The molecule has 0 unspecified atom stereocenters. The summed E-state index contributed by atoms with van der Waals surface area (Å²) in [5.74, 6) is 0.193. The maximum Gasteiger partial charge on any atom is 0.212 e. The van der Waals surface area contributed by atoms with E-state index < -0.39 is 0 Å². The highest BCUT2D eigenvalue weighted by atomic mass is 19.1. The first kappa shape index (κ1) is 19.3. The van der Waals surface area contributed by atoms with Crippen molar-refractivity contribution in [2.24, 2.45) is 5.73 Å². The lowest BCUT2D eigenvalue weighted by Crippen LogP contribution is -2.05. The molecule has 0 radical (unpaired) electrons. The van der Waals surface area contributed by atoms with Crippen LogP contribution in [0.4, 0.5) is 4.39 Å². The first-order valence-corrected chi connectivity index (χ1v) is 9.27. The lowest BCUT2D eigenvalue weighted by Gasteiger charge is -2.12. The van der Waals surface area contributed by atoms with Gasteiger partial charge in [-0.3, -0.25) is 10.4 Å². The number of halogens is 1. The van der Waals surface area contributed by atoms with Gasteiger partial charge in [-0.15, -0.1) is 0 Å². The summed E-state index contributed by atoms with van der Waals surface area (Å²) in [6.07, 6.45) is 4.90. The van der Waals surface area contributed by atoms with Gasteiger partial charge in [0.25, 0.3) is 0 Å². The number of benzene rings is 2. The van der Waals surface area contributed by atoms with Gasteiger partial charge < -0.3 is 10.5 Å². The van der Waals surface area contributed by atoms with Gasteiger partial charge in [0.1, 0.15) is 5.82 Å². The third-order valence-electron chi connectivity index (χ3n) is 4.88. The lowest BCUT2D eigenvalue weighted by atomic mass is 9.94. The van der Waals surface area contributed by atoms with Crippen LogP contribution in [-0.2, 0) is 0 Å². The SMILES string of the molecule is COc1ccc(-c2ccnc3ccc(/C(=C/N)C(=N)c4ccc(F)cc4)cc23)cn1. The predicted molar refractivity (Wildman–Crippen MR) is 117 cm³/mol. The van der Waals surface area contributed by atoms with Crippen LogP contribution in [0.3, 0.4) is 0 Å². The smallest absolute Gasteiger partial charge is 0.212 e. The Balaban J connectivity index is 1.79. The fraction of sp³-hybridized carbons (Fsp3) is 0.0417. The van der Waals surface area contributed by atoms with Gasteiger partial charge >= 0.3 is 0 Å². The predicted octanol–water partition coefficient (Wildman–Crippen LogP) is 4.81. The Hall–Kier alpha value is -4.06. The number of nitrogens with zero attached hydrogens (tertiary/aromatic N) is 2. The minimum Gasteiger partial charge on any atom is -0.481 e. The molecule has 2 heterocycles. The van der Waals surface area contributed by atoms with Crippen molar-refractivity contribution < 1.29 is 9.13 Å². The summed E-state index contributed by atoms with van der Waals surface area (Å²) >= 11 is 0. The number of fused-ring (bicyclic) bond motifs is 1. The molecule has 4 rings (SSSR count). The highest BCUT2D eigenvalue weighted by Crippen LogP contribution is 2.31. The van der Waals surface area contributed by atoms with Gasteiger partial charge in [0.05, 0.1) is 18.3 Å². The summed E-state index contributed by atoms with van der Waals surface area (Å²) in [7, 11) is 1.58. The van der Waals surface area contributed by atoms with Crippen molar-refractivity contribution in [3.8, 4) is 17.0 Å². The van der Waals surface area contributed by atoms with Crippen molar-refractivity contribution >= 4 is 22.2 Å². The zero-order chi connectivity index (χ0) is 21.1. The van der Waals surface area contributed by atoms with E-state index in [-0.39, 0.29) is 11.5 Å². The van der Waals surface area contributed by atoms with Gasteiger partial charge in [-0.2, -0.15) is 0 Å². The van der Waals surface area contributed by atoms with E-state index in [0.29, 0.717) is 17.0 Å². The van der Waals surface area contributed by atoms with Gasteiger partial charge in [-0.1, -0.05) is 6.07 Å². The minimum absolute atomic E-state index is 0.216. The van der Waals surface area contributed by atoms with Gasteiger partial charge in [0, 0.05) is 46.7 Å². The molecule has 30 heavy (non-hydrogen) atoms. The van der Waals surface area contributed by atoms with Gasteiger partial charge in [-0.25, -0.2) is 9.37 Å². The maximum absolute atomic E-state index is 13.3. The molecule has 2 aromatic carbocycles. The molecule has 2 aromatic heterocycles. The summed E-state index contributed by atoms with van der Waals surface area (Å²) in [5.41, 5.74) is 10.7. The van der Waals surface area contributed by atoms with Crippen LogP contribution in [0.2, 0.25) is 0 Å². The molecule has 5 nitrogen and oxygen atoms in total. The van der Waals surface area contributed by atoms with Crippen LogP contribution >= 0.6 is 0 Å².